The summed E-state index contributed by atoms with van der Waals surface area (Å²) < 4.78 is 4.94. The summed E-state index contributed by atoms with van der Waals surface area (Å²) in [5.74, 6) is 0.290. The molecule has 0 bridgehead atoms. The lowest BCUT2D eigenvalue weighted by Crippen LogP contribution is -2.38. The van der Waals surface area contributed by atoms with Crippen molar-refractivity contribution in [2.24, 2.45) is 5.92 Å². The van der Waals surface area contributed by atoms with Gasteiger partial charge in [0, 0.05) is 19.0 Å². The van der Waals surface area contributed by atoms with E-state index < -0.39 is 0 Å². The second kappa shape index (κ2) is 6.83. The van der Waals surface area contributed by atoms with E-state index in [0.29, 0.717) is 12.5 Å². The quantitative estimate of drug-likeness (QED) is 0.807. The topological polar surface area (TPSA) is 71.3 Å². The fourth-order valence-corrected chi connectivity index (χ4v) is 1.28. The predicted octanol–water partition coefficient (Wildman–Crippen LogP) is 1.56. The Morgan fingerprint density at radius 2 is 2.06 bits per heavy atom. The Kier molecular flexibility index (Phi) is 5.42. The average Bonchev–Trinajstić information content (AvgIpc) is 2.81. The third kappa shape index (κ3) is 4.61. The monoisotopic (exact) mass is 252 g/mol. The van der Waals surface area contributed by atoms with Gasteiger partial charge in [0.1, 0.15) is 0 Å². The Morgan fingerprint density at radius 3 is 2.61 bits per heavy atom. The molecule has 5 nitrogen and oxygen atoms in total. The number of amides is 2. The first kappa shape index (κ1) is 14.3. The van der Waals surface area contributed by atoms with Crippen LogP contribution in [0.4, 0.5) is 0 Å². The lowest BCUT2D eigenvalue weighted by atomic mass is 10.1. The highest BCUT2D eigenvalue weighted by Crippen LogP contribution is 2.00. The summed E-state index contributed by atoms with van der Waals surface area (Å²) in [5, 5.41) is 5.50. The van der Waals surface area contributed by atoms with Gasteiger partial charge in [-0.25, -0.2) is 0 Å². The predicted molar refractivity (Wildman–Crippen MR) is 68.1 cm³/mol. The zero-order chi connectivity index (χ0) is 13.5. The van der Waals surface area contributed by atoms with Crippen LogP contribution >= 0.6 is 0 Å². The minimum absolute atomic E-state index is 0.0593. The highest BCUT2D eigenvalue weighted by atomic mass is 16.3. The van der Waals surface area contributed by atoms with E-state index in [1.807, 2.05) is 20.8 Å². The highest BCUT2D eigenvalue weighted by Gasteiger charge is 2.12. The van der Waals surface area contributed by atoms with E-state index in [1.165, 1.54) is 6.26 Å². The molecule has 0 saturated heterocycles. The van der Waals surface area contributed by atoms with E-state index in [0.717, 1.165) is 0 Å². The fraction of sp³-hybridized carbons (Fsp3) is 0.538. The first-order valence-corrected chi connectivity index (χ1v) is 6.11. The van der Waals surface area contributed by atoms with E-state index >= 15 is 0 Å². The summed E-state index contributed by atoms with van der Waals surface area (Å²) in [6.07, 6.45) is 1.70. The molecule has 2 amide bonds. The number of rotatable bonds is 6. The van der Waals surface area contributed by atoms with Crippen LogP contribution in [-0.2, 0) is 4.79 Å². The molecule has 2 N–H and O–H groups in total. The van der Waals surface area contributed by atoms with Crippen LogP contribution in [0, 0.1) is 5.92 Å². The number of furan rings is 1. The van der Waals surface area contributed by atoms with Crippen LogP contribution in [0.3, 0.4) is 0 Å². The van der Waals surface area contributed by atoms with E-state index in [1.54, 1.807) is 12.1 Å². The van der Waals surface area contributed by atoms with Gasteiger partial charge in [0.25, 0.3) is 5.91 Å². The molecule has 0 aliphatic rings. The molecule has 0 aromatic carbocycles. The minimum atomic E-state index is -0.301. The minimum Gasteiger partial charge on any atom is -0.459 e. The van der Waals surface area contributed by atoms with Crippen molar-refractivity contribution in [1.29, 1.82) is 0 Å². The van der Waals surface area contributed by atoms with Crippen molar-refractivity contribution in [3.63, 3.8) is 0 Å². The van der Waals surface area contributed by atoms with Gasteiger partial charge >= 0.3 is 0 Å². The summed E-state index contributed by atoms with van der Waals surface area (Å²) in [6.45, 7) is 6.35. The van der Waals surface area contributed by atoms with Gasteiger partial charge in [-0.3, -0.25) is 9.59 Å². The van der Waals surface area contributed by atoms with Crippen LogP contribution < -0.4 is 10.6 Å². The van der Waals surface area contributed by atoms with Gasteiger partial charge < -0.3 is 15.1 Å². The molecule has 1 unspecified atom stereocenters. The maximum Gasteiger partial charge on any atom is 0.286 e. The van der Waals surface area contributed by atoms with Crippen molar-refractivity contribution < 1.29 is 14.0 Å². The number of carbonyl (C=O) groups is 2. The number of carbonyl (C=O) groups excluding carboxylic acids is 2. The Hall–Kier alpha value is -1.78. The zero-order valence-electron chi connectivity index (χ0n) is 11.0. The maximum atomic E-state index is 11.5. The van der Waals surface area contributed by atoms with Crippen LogP contribution in [0.15, 0.2) is 22.8 Å². The Morgan fingerprint density at radius 1 is 1.33 bits per heavy atom. The number of hydrogen-bond acceptors (Lipinski definition) is 3. The van der Waals surface area contributed by atoms with Gasteiger partial charge in [-0.1, -0.05) is 13.8 Å². The SMILES string of the molecule is CC(C)C(C)NC(=O)CCNC(=O)c1ccco1. The molecule has 0 radical (unpaired) electrons. The third-order valence-corrected chi connectivity index (χ3v) is 2.77. The second-order valence-electron chi connectivity index (χ2n) is 4.58. The van der Waals surface area contributed by atoms with E-state index in [9.17, 15) is 9.59 Å². The molecule has 1 rings (SSSR count). The van der Waals surface area contributed by atoms with Crippen LogP contribution in [0.5, 0.6) is 0 Å². The lowest BCUT2D eigenvalue weighted by Gasteiger charge is -2.17. The molecule has 5 heteroatoms. The van der Waals surface area contributed by atoms with E-state index in [-0.39, 0.29) is 30.0 Å². The zero-order valence-corrected chi connectivity index (χ0v) is 11.0. The summed E-state index contributed by atoms with van der Waals surface area (Å²) in [4.78, 5) is 23.0. The summed E-state index contributed by atoms with van der Waals surface area (Å²) >= 11 is 0. The van der Waals surface area contributed by atoms with Gasteiger partial charge in [0.05, 0.1) is 6.26 Å². The lowest BCUT2D eigenvalue weighted by molar-refractivity contribution is -0.121. The smallest absolute Gasteiger partial charge is 0.286 e. The van der Waals surface area contributed by atoms with Crippen LogP contribution in [0.1, 0.15) is 37.7 Å². The van der Waals surface area contributed by atoms with Gasteiger partial charge in [0.2, 0.25) is 5.91 Å². The van der Waals surface area contributed by atoms with Crippen LogP contribution in [-0.4, -0.2) is 24.4 Å². The Labute approximate surface area is 107 Å². The van der Waals surface area contributed by atoms with Crippen molar-refractivity contribution >= 4 is 11.8 Å². The first-order valence-electron chi connectivity index (χ1n) is 6.11. The third-order valence-electron chi connectivity index (χ3n) is 2.77. The van der Waals surface area contributed by atoms with Gasteiger partial charge in [0.15, 0.2) is 5.76 Å². The first-order chi connectivity index (χ1) is 8.50. The molecule has 1 atom stereocenters. The molecule has 18 heavy (non-hydrogen) atoms. The molecule has 0 saturated carbocycles. The summed E-state index contributed by atoms with van der Waals surface area (Å²) in [6, 6.07) is 3.36. The summed E-state index contributed by atoms with van der Waals surface area (Å²) in [7, 11) is 0. The molecule has 0 aliphatic carbocycles. The molecule has 0 spiro atoms. The molecule has 1 aromatic heterocycles. The fourth-order valence-electron chi connectivity index (χ4n) is 1.28. The van der Waals surface area contributed by atoms with Gasteiger partial charge in [-0.2, -0.15) is 0 Å². The Bertz CT molecular complexity index is 385. The second-order valence-corrected chi connectivity index (χ2v) is 4.58. The average molecular weight is 252 g/mol. The van der Waals surface area contributed by atoms with Crippen molar-refractivity contribution in [3.8, 4) is 0 Å². The summed E-state index contributed by atoms with van der Waals surface area (Å²) in [5.41, 5.74) is 0. The van der Waals surface area contributed by atoms with Crippen LogP contribution in [0.2, 0.25) is 0 Å². The van der Waals surface area contributed by atoms with Gasteiger partial charge in [-0.15, -0.1) is 0 Å². The number of hydrogen-bond donors (Lipinski definition) is 2. The van der Waals surface area contributed by atoms with Crippen LogP contribution in [0.25, 0.3) is 0 Å². The molecule has 0 fully saturated rings. The van der Waals surface area contributed by atoms with Gasteiger partial charge in [-0.05, 0) is 25.0 Å². The van der Waals surface area contributed by atoms with E-state index in [4.69, 9.17) is 4.42 Å². The van der Waals surface area contributed by atoms with Crippen molar-refractivity contribution in [1.82, 2.24) is 10.6 Å². The largest absolute Gasteiger partial charge is 0.459 e. The normalized spacial score (nSPS) is 12.2. The Balaban J connectivity index is 2.22. The molecule has 100 valence electrons. The standard InChI is InChI=1S/C13H20N2O3/c1-9(2)10(3)15-12(16)6-7-14-13(17)11-5-4-8-18-11/h4-5,8-10H,6-7H2,1-3H3,(H,14,17)(H,15,16). The van der Waals surface area contributed by atoms with Crippen molar-refractivity contribution in [2.75, 3.05) is 6.54 Å². The van der Waals surface area contributed by atoms with E-state index in [2.05, 4.69) is 10.6 Å². The van der Waals surface area contributed by atoms with Crippen molar-refractivity contribution in [2.45, 2.75) is 33.2 Å². The highest BCUT2D eigenvalue weighted by molar-refractivity contribution is 5.91. The molecular weight excluding hydrogens is 232 g/mol. The molecule has 1 aromatic rings. The molecular formula is C13H20N2O3. The van der Waals surface area contributed by atoms with Crippen molar-refractivity contribution in [3.05, 3.63) is 24.2 Å². The molecule has 1 heterocycles. The maximum absolute atomic E-state index is 11.5. The number of nitrogens with one attached hydrogen (secondary N) is 2. The molecule has 0 aliphatic heterocycles.